The van der Waals surface area contributed by atoms with E-state index in [-0.39, 0.29) is 0 Å². The molecule has 0 aromatic heterocycles. The van der Waals surface area contributed by atoms with Crippen LogP contribution in [0.2, 0.25) is 0 Å². The standard InChI is InChI=1S/C38H79N/c1-6-9-12-15-18-21-22-23-26-29-32-35-38(4,5)39(36-33-30-27-24-19-16-13-10-7-2)37-34-31-28-25-20-17-14-11-8-3/h6-37H2,1-5H3. The Bertz CT molecular complexity index is 420. The van der Waals surface area contributed by atoms with Gasteiger partial charge in [0.05, 0.1) is 0 Å². The van der Waals surface area contributed by atoms with Crippen LogP contribution in [0.3, 0.4) is 0 Å². The molecular weight excluding hydrogens is 470 g/mol. The average molecular weight is 550 g/mol. The van der Waals surface area contributed by atoms with Crippen LogP contribution in [-0.2, 0) is 0 Å². The van der Waals surface area contributed by atoms with Gasteiger partial charge in [0.2, 0.25) is 0 Å². The van der Waals surface area contributed by atoms with Crippen LogP contribution in [0.4, 0.5) is 0 Å². The molecule has 0 bridgehead atoms. The molecule has 0 fully saturated rings. The van der Waals surface area contributed by atoms with Crippen molar-refractivity contribution < 1.29 is 0 Å². The largest absolute Gasteiger partial charge is 0.298 e. The maximum Gasteiger partial charge on any atom is 0.0153 e. The Morgan fingerprint density at radius 1 is 0.308 bits per heavy atom. The van der Waals surface area contributed by atoms with Crippen LogP contribution in [0.25, 0.3) is 0 Å². The first-order valence-electron chi connectivity index (χ1n) is 18.8. The molecule has 0 N–H and O–H groups in total. The van der Waals surface area contributed by atoms with Crippen molar-refractivity contribution >= 4 is 0 Å². The maximum absolute atomic E-state index is 2.91. The van der Waals surface area contributed by atoms with Gasteiger partial charge < -0.3 is 0 Å². The molecule has 236 valence electrons. The maximum atomic E-state index is 2.91. The third-order valence-corrected chi connectivity index (χ3v) is 9.31. The molecular formula is C38H79N. The summed E-state index contributed by atoms with van der Waals surface area (Å²) < 4.78 is 0. The minimum atomic E-state index is 0.375. The summed E-state index contributed by atoms with van der Waals surface area (Å²) >= 11 is 0. The number of unbranched alkanes of at least 4 members (excludes halogenated alkanes) is 26. The van der Waals surface area contributed by atoms with Crippen molar-refractivity contribution in [3.8, 4) is 0 Å². The van der Waals surface area contributed by atoms with Crippen LogP contribution in [-0.4, -0.2) is 23.5 Å². The highest BCUT2D eigenvalue weighted by molar-refractivity contribution is 4.81. The van der Waals surface area contributed by atoms with Gasteiger partial charge in [0.25, 0.3) is 0 Å². The molecule has 1 nitrogen and oxygen atoms in total. The van der Waals surface area contributed by atoms with Gasteiger partial charge in [-0.3, -0.25) is 4.90 Å². The fraction of sp³-hybridized carbons (Fsp3) is 1.00. The predicted octanol–water partition coefficient (Wildman–Crippen LogP) is 13.8. The molecule has 0 amide bonds. The van der Waals surface area contributed by atoms with E-state index in [1.807, 2.05) is 0 Å². The zero-order valence-corrected chi connectivity index (χ0v) is 28.6. The summed E-state index contributed by atoms with van der Waals surface area (Å²) in [6.45, 7) is 14.7. The average Bonchev–Trinajstić information content (AvgIpc) is 2.92. The highest BCUT2D eigenvalue weighted by atomic mass is 15.2. The minimum absolute atomic E-state index is 0.375. The fourth-order valence-electron chi connectivity index (χ4n) is 6.32. The van der Waals surface area contributed by atoms with Crippen molar-refractivity contribution in [2.24, 2.45) is 0 Å². The minimum Gasteiger partial charge on any atom is -0.298 e. The normalized spacial score (nSPS) is 12.2. The molecule has 0 saturated heterocycles. The van der Waals surface area contributed by atoms with Gasteiger partial charge in [-0.2, -0.15) is 0 Å². The molecule has 39 heavy (non-hydrogen) atoms. The first-order chi connectivity index (χ1) is 19.1. The van der Waals surface area contributed by atoms with Crippen molar-refractivity contribution in [1.82, 2.24) is 4.90 Å². The molecule has 0 saturated carbocycles. The summed E-state index contributed by atoms with van der Waals surface area (Å²) in [4.78, 5) is 2.91. The molecule has 0 aromatic rings. The Labute approximate surface area is 250 Å². The zero-order valence-electron chi connectivity index (χ0n) is 28.6. The first kappa shape index (κ1) is 39.0. The Balaban J connectivity index is 4.20. The molecule has 0 spiro atoms. The van der Waals surface area contributed by atoms with Crippen molar-refractivity contribution in [3.05, 3.63) is 0 Å². The van der Waals surface area contributed by atoms with Gasteiger partial charge in [-0.15, -0.1) is 0 Å². The summed E-state index contributed by atoms with van der Waals surface area (Å²) in [5.41, 5.74) is 0.375. The molecule has 0 radical (unpaired) electrons. The van der Waals surface area contributed by atoms with Crippen LogP contribution < -0.4 is 0 Å². The quantitative estimate of drug-likeness (QED) is 0.0736. The van der Waals surface area contributed by atoms with Crippen LogP contribution in [0.15, 0.2) is 0 Å². The third-order valence-electron chi connectivity index (χ3n) is 9.31. The smallest absolute Gasteiger partial charge is 0.0153 e. The fourth-order valence-corrected chi connectivity index (χ4v) is 6.32. The van der Waals surface area contributed by atoms with E-state index in [1.165, 1.54) is 206 Å². The topological polar surface area (TPSA) is 3.24 Å². The lowest BCUT2D eigenvalue weighted by Crippen LogP contribution is -2.45. The van der Waals surface area contributed by atoms with Crippen LogP contribution in [0.5, 0.6) is 0 Å². The van der Waals surface area contributed by atoms with Gasteiger partial charge >= 0.3 is 0 Å². The molecule has 0 aliphatic heterocycles. The molecule has 0 aliphatic rings. The monoisotopic (exact) mass is 550 g/mol. The van der Waals surface area contributed by atoms with Crippen molar-refractivity contribution in [2.45, 2.75) is 233 Å². The molecule has 0 unspecified atom stereocenters. The van der Waals surface area contributed by atoms with E-state index < -0.39 is 0 Å². The molecule has 0 atom stereocenters. The highest BCUT2D eigenvalue weighted by Crippen LogP contribution is 2.25. The predicted molar refractivity (Wildman–Crippen MR) is 181 cm³/mol. The van der Waals surface area contributed by atoms with Gasteiger partial charge in [0.15, 0.2) is 0 Å². The first-order valence-corrected chi connectivity index (χ1v) is 18.8. The van der Waals surface area contributed by atoms with E-state index in [0.717, 1.165) is 0 Å². The van der Waals surface area contributed by atoms with E-state index in [1.54, 1.807) is 0 Å². The van der Waals surface area contributed by atoms with Crippen molar-refractivity contribution in [2.75, 3.05) is 13.1 Å². The summed E-state index contributed by atoms with van der Waals surface area (Å²) in [7, 11) is 0. The van der Waals surface area contributed by atoms with E-state index in [4.69, 9.17) is 0 Å². The van der Waals surface area contributed by atoms with Crippen molar-refractivity contribution in [3.63, 3.8) is 0 Å². The van der Waals surface area contributed by atoms with E-state index >= 15 is 0 Å². The lowest BCUT2D eigenvalue weighted by Gasteiger charge is -2.39. The Morgan fingerprint density at radius 3 is 0.821 bits per heavy atom. The molecule has 1 heteroatoms. The summed E-state index contributed by atoms with van der Waals surface area (Å²) in [5.74, 6) is 0. The summed E-state index contributed by atoms with van der Waals surface area (Å²) in [5, 5.41) is 0. The molecule has 0 heterocycles. The Hall–Kier alpha value is -0.0400. The van der Waals surface area contributed by atoms with E-state index in [9.17, 15) is 0 Å². The van der Waals surface area contributed by atoms with E-state index in [2.05, 4.69) is 39.5 Å². The van der Waals surface area contributed by atoms with Gasteiger partial charge in [0, 0.05) is 5.54 Å². The lowest BCUT2D eigenvalue weighted by atomic mass is 9.92. The van der Waals surface area contributed by atoms with Gasteiger partial charge in [-0.25, -0.2) is 0 Å². The molecule has 0 rings (SSSR count). The second-order valence-electron chi connectivity index (χ2n) is 13.7. The van der Waals surface area contributed by atoms with Crippen LogP contribution in [0, 0.1) is 0 Å². The van der Waals surface area contributed by atoms with Crippen LogP contribution in [0.1, 0.15) is 227 Å². The van der Waals surface area contributed by atoms with Crippen LogP contribution >= 0.6 is 0 Å². The molecule has 0 aromatic carbocycles. The number of hydrogen-bond acceptors (Lipinski definition) is 1. The second kappa shape index (κ2) is 30.9. The lowest BCUT2D eigenvalue weighted by molar-refractivity contribution is 0.102. The summed E-state index contributed by atoms with van der Waals surface area (Å²) in [6, 6.07) is 0. The zero-order chi connectivity index (χ0) is 28.7. The second-order valence-corrected chi connectivity index (χ2v) is 13.7. The number of rotatable bonds is 33. The van der Waals surface area contributed by atoms with Gasteiger partial charge in [0.1, 0.15) is 0 Å². The number of nitrogens with zero attached hydrogens (tertiary/aromatic N) is 1. The summed E-state index contributed by atoms with van der Waals surface area (Å²) in [6.07, 6.45) is 43.2. The Kier molecular flexibility index (Phi) is 30.9. The van der Waals surface area contributed by atoms with E-state index in [0.29, 0.717) is 5.54 Å². The Morgan fingerprint density at radius 2 is 0.538 bits per heavy atom. The highest BCUT2D eigenvalue weighted by Gasteiger charge is 2.25. The van der Waals surface area contributed by atoms with Crippen molar-refractivity contribution in [1.29, 1.82) is 0 Å². The molecule has 0 aliphatic carbocycles. The van der Waals surface area contributed by atoms with Gasteiger partial charge in [-0.1, -0.05) is 194 Å². The third kappa shape index (κ3) is 27.9. The van der Waals surface area contributed by atoms with Gasteiger partial charge in [-0.05, 0) is 46.2 Å². The number of hydrogen-bond donors (Lipinski definition) is 0. The SMILES string of the molecule is CCCCCCCCCCCCCC(C)(C)N(CCCCCCCCCCC)CCCCCCCCCCC.